The van der Waals surface area contributed by atoms with Crippen LogP contribution in [0.1, 0.15) is 17.7 Å². The molecule has 2 heterocycles. The maximum Gasteiger partial charge on any atom is 0.268 e. The van der Waals surface area contributed by atoms with Crippen molar-refractivity contribution in [1.29, 1.82) is 0 Å². The fraction of sp³-hybridized carbons (Fsp3) is 0.333. The van der Waals surface area contributed by atoms with Crippen molar-refractivity contribution in [2.24, 2.45) is 5.73 Å². The van der Waals surface area contributed by atoms with Gasteiger partial charge in [-0.15, -0.1) is 10.2 Å². The number of aromatic nitrogens is 2. The molecule has 0 amide bonds. The van der Waals surface area contributed by atoms with Gasteiger partial charge in [0.05, 0.1) is 6.54 Å². The Labute approximate surface area is 122 Å². The Balaban J connectivity index is 2.29. The predicted molar refractivity (Wildman–Crippen MR) is 74.4 cm³/mol. The Kier molecular flexibility index (Phi) is 4.23. The molecule has 0 radical (unpaired) electrons. The van der Waals surface area contributed by atoms with Crippen molar-refractivity contribution in [1.82, 2.24) is 10.2 Å². The number of sulfonamides is 1. The molecular formula is C9H11BrN4O3S2. The molecule has 2 aromatic rings. The predicted octanol–water partition coefficient (Wildman–Crippen LogP) is 1.72. The lowest BCUT2D eigenvalue weighted by Crippen LogP contribution is -2.12. The minimum Gasteiger partial charge on any atom is -0.452 e. The van der Waals surface area contributed by atoms with E-state index >= 15 is 0 Å². The number of aryl methyl sites for hydroxylation is 1. The van der Waals surface area contributed by atoms with Crippen LogP contribution in [0.5, 0.6) is 0 Å². The van der Waals surface area contributed by atoms with Crippen LogP contribution in [0.4, 0.5) is 5.13 Å². The van der Waals surface area contributed by atoms with Gasteiger partial charge < -0.3 is 10.2 Å². The molecule has 0 atom stereocenters. The summed E-state index contributed by atoms with van der Waals surface area (Å²) in [5.74, 6) is 0.374. The van der Waals surface area contributed by atoms with Crippen LogP contribution in [0.2, 0.25) is 0 Å². The van der Waals surface area contributed by atoms with E-state index in [4.69, 9.17) is 10.2 Å². The summed E-state index contributed by atoms with van der Waals surface area (Å²) in [6, 6.07) is 1.37. The minimum absolute atomic E-state index is 0.0128. The largest absolute Gasteiger partial charge is 0.452 e. The molecule has 2 rings (SSSR count). The Hall–Kier alpha value is -0.970. The van der Waals surface area contributed by atoms with Crippen LogP contribution >= 0.6 is 27.3 Å². The topological polar surface area (TPSA) is 111 Å². The molecule has 0 spiro atoms. The Morgan fingerprint density at radius 2 is 2.26 bits per heavy atom. The van der Waals surface area contributed by atoms with Gasteiger partial charge in [-0.2, -0.15) is 0 Å². The number of halogens is 1. The Bertz CT molecular complexity index is 679. The third-order valence-corrected chi connectivity index (χ3v) is 5.50. The van der Waals surface area contributed by atoms with Crippen molar-refractivity contribution in [3.05, 3.63) is 21.5 Å². The van der Waals surface area contributed by atoms with Crippen molar-refractivity contribution >= 4 is 42.4 Å². The van der Waals surface area contributed by atoms with Crippen LogP contribution < -0.4 is 10.5 Å². The Morgan fingerprint density at radius 3 is 2.79 bits per heavy atom. The summed E-state index contributed by atoms with van der Waals surface area (Å²) in [4.78, 5) is -0.0128. The second-order valence-electron chi connectivity index (χ2n) is 3.51. The molecule has 7 nitrogen and oxygen atoms in total. The highest BCUT2D eigenvalue weighted by atomic mass is 79.9. The van der Waals surface area contributed by atoms with Crippen molar-refractivity contribution in [3.63, 3.8) is 0 Å². The number of nitrogens with two attached hydrogens (primary N) is 1. The van der Waals surface area contributed by atoms with E-state index in [1.807, 2.05) is 6.92 Å². The van der Waals surface area contributed by atoms with Crippen molar-refractivity contribution in [3.8, 4) is 0 Å². The first-order valence-electron chi connectivity index (χ1n) is 5.29. The van der Waals surface area contributed by atoms with Gasteiger partial charge in [0.1, 0.15) is 15.7 Å². The minimum atomic E-state index is -3.77. The van der Waals surface area contributed by atoms with Gasteiger partial charge in [-0.1, -0.05) is 18.3 Å². The molecule has 3 N–H and O–H groups in total. The van der Waals surface area contributed by atoms with E-state index in [9.17, 15) is 8.42 Å². The number of hydrogen-bond acceptors (Lipinski definition) is 7. The summed E-state index contributed by atoms with van der Waals surface area (Å²) in [6.07, 6.45) is 0.701. The first-order valence-corrected chi connectivity index (χ1v) is 8.39. The fourth-order valence-corrected chi connectivity index (χ4v) is 4.20. The van der Waals surface area contributed by atoms with Crippen molar-refractivity contribution in [2.45, 2.75) is 24.8 Å². The third kappa shape index (κ3) is 3.14. The van der Waals surface area contributed by atoms with Crippen LogP contribution in [-0.2, 0) is 23.0 Å². The third-order valence-electron chi connectivity index (χ3n) is 2.19. The second kappa shape index (κ2) is 5.57. The van der Waals surface area contributed by atoms with E-state index in [0.29, 0.717) is 12.2 Å². The van der Waals surface area contributed by atoms with Gasteiger partial charge in [0.15, 0.2) is 4.67 Å². The highest BCUT2D eigenvalue weighted by Crippen LogP contribution is 2.28. The van der Waals surface area contributed by atoms with E-state index in [1.165, 1.54) is 17.4 Å². The standard InChI is InChI=1S/C9H11BrN4O3S2/c1-2-7-12-13-9(18-7)14-19(15,16)6-3-5(4-11)17-8(6)10/h3H,2,4,11H2,1H3,(H,13,14). The van der Waals surface area contributed by atoms with Gasteiger partial charge in [-0.3, -0.25) is 4.72 Å². The van der Waals surface area contributed by atoms with Crippen molar-refractivity contribution < 1.29 is 12.8 Å². The van der Waals surface area contributed by atoms with Crippen LogP contribution in [-0.4, -0.2) is 18.6 Å². The van der Waals surface area contributed by atoms with E-state index < -0.39 is 10.0 Å². The van der Waals surface area contributed by atoms with Gasteiger partial charge in [0.25, 0.3) is 10.0 Å². The van der Waals surface area contributed by atoms with Crippen molar-refractivity contribution in [2.75, 3.05) is 4.72 Å². The zero-order chi connectivity index (χ0) is 14.0. The SMILES string of the molecule is CCc1nnc(NS(=O)(=O)c2cc(CN)oc2Br)s1. The van der Waals surface area contributed by atoms with E-state index in [1.54, 1.807) is 0 Å². The van der Waals surface area contributed by atoms with E-state index in [-0.39, 0.29) is 21.2 Å². The molecule has 0 fully saturated rings. The summed E-state index contributed by atoms with van der Waals surface area (Å²) in [7, 11) is -3.77. The summed E-state index contributed by atoms with van der Waals surface area (Å²) >= 11 is 4.24. The quantitative estimate of drug-likeness (QED) is 0.832. The van der Waals surface area contributed by atoms with Crippen LogP contribution in [0, 0.1) is 0 Å². The molecule has 104 valence electrons. The summed E-state index contributed by atoms with van der Waals surface area (Å²) in [5.41, 5.74) is 5.40. The van der Waals surface area contributed by atoms with Crippen LogP contribution in [0.25, 0.3) is 0 Å². The highest BCUT2D eigenvalue weighted by Gasteiger charge is 2.23. The molecule has 0 bridgehead atoms. The lowest BCUT2D eigenvalue weighted by molar-refractivity contribution is 0.484. The lowest BCUT2D eigenvalue weighted by atomic mass is 10.5. The van der Waals surface area contributed by atoms with Gasteiger partial charge in [-0.05, 0) is 22.4 Å². The summed E-state index contributed by atoms with van der Waals surface area (Å²) in [5, 5.41) is 8.58. The fourth-order valence-electron chi connectivity index (χ4n) is 1.29. The molecule has 0 aromatic carbocycles. The molecule has 2 aromatic heterocycles. The second-order valence-corrected chi connectivity index (χ2v) is 6.95. The molecule has 0 aliphatic rings. The molecular weight excluding hydrogens is 356 g/mol. The highest BCUT2D eigenvalue weighted by molar-refractivity contribution is 9.10. The Morgan fingerprint density at radius 1 is 1.53 bits per heavy atom. The van der Waals surface area contributed by atoms with E-state index in [0.717, 1.165) is 5.01 Å². The molecule has 0 saturated carbocycles. The maximum atomic E-state index is 12.1. The monoisotopic (exact) mass is 366 g/mol. The molecule has 0 saturated heterocycles. The zero-order valence-corrected chi connectivity index (χ0v) is 13.1. The molecule has 10 heteroatoms. The van der Waals surface area contributed by atoms with Crippen LogP contribution in [0.15, 0.2) is 20.0 Å². The number of hydrogen-bond donors (Lipinski definition) is 2. The molecule has 19 heavy (non-hydrogen) atoms. The smallest absolute Gasteiger partial charge is 0.268 e. The van der Waals surface area contributed by atoms with Gasteiger partial charge >= 0.3 is 0 Å². The number of anilines is 1. The summed E-state index contributed by atoms with van der Waals surface area (Å²) < 4.78 is 31.9. The molecule has 0 aliphatic heterocycles. The van der Waals surface area contributed by atoms with Crippen LogP contribution in [0.3, 0.4) is 0 Å². The molecule has 0 unspecified atom stereocenters. The number of nitrogens with one attached hydrogen (secondary N) is 1. The average molecular weight is 367 g/mol. The molecule has 0 aliphatic carbocycles. The van der Waals surface area contributed by atoms with Gasteiger partial charge in [0.2, 0.25) is 5.13 Å². The number of rotatable bonds is 5. The summed E-state index contributed by atoms with van der Waals surface area (Å²) in [6.45, 7) is 2.03. The first kappa shape index (κ1) is 14.4. The average Bonchev–Trinajstić information content (AvgIpc) is 2.95. The van der Waals surface area contributed by atoms with E-state index in [2.05, 4.69) is 30.8 Å². The lowest BCUT2D eigenvalue weighted by Gasteiger charge is -2.01. The normalized spacial score (nSPS) is 11.7. The van der Waals surface area contributed by atoms with Gasteiger partial charge in [0, 0.05) is 6.07 Å². The number of furan rings is 1. The van der Waals surface area contributed by atoms with Gasteiger partial charge in [-0.25, -0.2) is 8.42 Å². The maximum absolute atomic E-state index is 12.1. The number of nitrogens with zero attached hydrogens (tertiary/aromatic N) is 2. The first-order chi connectivity index (χ1) is 8.96. The zero-order valence-electron chi connectivity index (χ0n) is 9.88.